The van der Waals surface area contributed by atoms with E-state index < -0.39 is 74.1 Å². The number of sulfonamides is 1. The highest BCUT2D eigenvalue weighted by atomic mass is 35.5. The van der Waals surface area contributed by atoms with Gasteiger partial charge in [-0.25, -0.2) is 32.2 Å². The fraction of sp³-hybridized carbons (Fsp3) is 0.391. The molecule has 1 saturated heterocycles. The summed E-state index contributed by atoms with van der Waals surface area (Å²) in [5.74, 6) is -4.88. The average Bonchev–Trinajstić information content (AvgIpc) is 2.93. The van der Waals surface area contributed by atoms with E-state index in [9.17, 15) is 35.2 Å². The van der Waals surface area contributed by atoms with Crippen molar-refractivity contribution in [1.29, 1.82) is 0 Å². The van der Waals surface area contributed by atoms with Crippen LogP contribution in [0.1, 0.15) is 0 Å². The van der Waals surface area contributed by atoms with Gasteiger partial charge in [-0.1, -0.05) is 11.6 Å². The average molecular weight is 655 g/mol. The molecule has 0 radical (unpaired) electrons. The van der Waals surface area contributed by atoms with Crippen molar-refractivity contribution in [2.75, 3.05) is 59.9 Å². The predicted octanol–water partition coefficient (Wildman–Crippen LogP) is 1.04. The molecule has 0 aromatic heterocycles. The zero-order valence-corrected chi connectivity index (χ0v) is 24.8. The number of nitrogens with zero attached hydrogens (tertiary/aromatic N) is 4. The first kappa shape index (κ1) is 33.4. The lowest BCUT2D eigenvalue weighted by atomic mass is 10.3. The number of hydrogen-bond acceptors (Lipinski definition) is 9. The lowest BCUT2D eigenvalue weighted by Gasteiger charge is -2.32. The lowest BCUT2D eigenvalue weighted by Crippen LogP contribution is -2.54. The maximum Gasteiger partial charge on any atom is 0.332 e. The van der Waals surface area contributed by atoms with Crippen LogP contribution < -0.4 is 14.9 Å². The predicted molar refractivity (Wildman–Crippen MR) is 146 cm³/mol. The highest BCUT2D eigenvalue weighted by Crippen LogP contribution is 2.31. The Hall–Kier alpha value is -3.13. The summed E-state index contributed by atoms with van der Waals surface area (Å²) in [5.41, 5.74) is 1.25. The van der Waals surface area contributed by atoms with Crippen LogP contribution in [0.5, 0.6) is 11.5 Å². The number of hydroxylamine groups is 1. The molecule has 232 valence electrons. The molecule has 0 saturated carbocycles. The number of carbonyl (C=O) groups excluding carboxylic acids is 2. The topological polar surface area (TPSA) is 169 Å². The van der Waals surface area contributed by atoms with Crippen LogP contribution in [-0.2, 0) is 25.0 Å². The third-order valence-corrected chi connectivity index (χ3v) is 9.68. The van der Waals surface area contributed by atoms with Crippen LogP contribution in [-0.4, -0.2) is 112 Å². The van der Waals surface area contributed by atoms with Crippen LogP contribution in [0, 0.1) is 11.6 Å². The van der Waals surface area contributed by atoms with Gasteiger partial charge in [0.15, 0.2) is 17.4 Å². The minimum Gasteiger partial charge on any atom is -0.451 e. The second kappa shape index (κ2) is 13.9. The van der Waals surface area contributed by atoms with Crippen LogP contribution in [0.2, 0.25) is 5.02 Å². The first-order valence-electron chi connectivity index (χ1n) is 12.2. The van der Waals surface area contributed by atoms with Gasteiger partial charge in [0.1, 0.15) is 5.75 Å². The fourth-order valence-corrected chi connectivity index (χ4v) is 6.03. The molecule has 14 nitrogen and oxygen atoms in total. The maximum absolute atomic E-state index is 14.8. The summed E-state index contributed by atoms with van der Waals surface area (Å²) in [6, 6.07) is 5.54. The maximum atomic E-state index is 14.8. The number of urea groups is 1. The third-order valence-electron chi connectivity index (χ3n) is 6.17. The largest absolute Gasteiger partial charge is 0.451 e. The van der Waals surface area contributed by atoms with Crippen molar-refractivity contribution in [3.63, 3.8) is 0 Å². The molecule has 2 aromatic rings. The van der Waals surface area contributed by atoms with Crippen LogP contribution in [0.3, 0.4) is 0 Å². The molecule has 19 heteroatoms. The Labute approximate surface area is 246 Å². The molecule has 1 heterocycles. The summed E-state index contributed by atoms with van der Waals surface area (Å²) in [7, 11) is -6.39. The van der Waals surface area contributed by atoms with Gasteiger partial charge in [0.25, 0.3) is 5.91 Å². The Balaban J connectivity index is 1.77. The summed E-state index contributed by atoms with van der Waals surface area (Å²) in [6.07, 6.45) is 0. The van der Waals surface area contributed by atoms with Gasteiger partial charge in [0.05, 0.1) is 11.4 Å². The Morgan fingerprint density at radius 1 is 1.02 bits per heavy atom. The first-order valence-corrected chi connectivity index (χ1v) is 15.5. The molecule has 1 aliphatic rings. The molecule has 42 heavy (non-hydrogen) atoms. The van der Waals surface area contributed by atoms with Gasteiger partial charge in [0, 0.05) is 51.3 Å². The number of carbonyl (C=O) groups is 2. The van der Waals surface area contributed by atoms with Crippen molar-refractivity contribution < 1.29 is 45.1 Å². The zero-order chi connectivity index (χ0) is 31.2. The number of amides is 3. The molecule has 0 unspecified atom stereocenters. The van der Waals surface area contributed by atoms with Gasteiger partial charge < -0.3 is 14.5 Å². The van der Waals surface area contributed by atoms with E-state index in [2.05, 4.69) is 0 Å². The number of nitrogens with one attached hydrogen (secondary N) is 2. The molecule has 3 amide bonds. The summed E-state index contributed by atoms with van der Waals surface area (Å²) in [5, 5.41) is 9.26. The molecule has 3 rings (SSSR count). The van der Waals surface area contributed by atoms with Crippen LogP contribution in [0.4, 0.5) is 13.6 Å². The fourth-order valence-electron chi connectivity index (χ4n) is 3.67. The van der Waals surface area contributed by atoms with Gasteiger partial charge >= 0.3 is 16.2 Å². The van der Waals surface area contributed by atoms with Crippen molar-refractivity contribution in [3.8, 4) is 11.5 Å². The Bertz CT molecular complexity index is 1480. The minimum absolute atomic E-state index is 0.0120. The summed E-state index contributed by atoms with van der Waals surface area (Å²) in [6.45, 7) is -0.668. The second-order valence-corrected chi connectivity index (χ2v) is 13.3. The standard InChI is InChI=1S/C23H29ClF2N6O8S2/c1-29-7-10-31(11-8-29)23(34)28-42(38,39)30(2)9-12-32(15-21(33)27-35)41(36,37)18-13-19(25)22(20(26)14-18)40-17-5-3-16(24)4-6-17/h3-6,13-14,35H,7-12,15H2,1-2H3,(H,27,33)(H,28,34). The molecular formula is C23H29ClF2N6O8S2. The molecule has 0 aliphatic carbocycles. The van der Waals surface area contributed by atoms with Crippen molar-refractivity contribution in [3.05, 3.63) is 53.1 Å². The summed E-state index contributed by atoms with van der Waals surface area (Å²) >= 11 is 5.78. The van der Waals surface area contributed by atoms with Crippen LogP contribution in [0.25, 0.3) is 0 Å². The van der Waals surface area contributed by atoms with E-state index in [1.165, 1.54) is 34.6 Å². The summed E-state index contributed by atoms with van der Waals surface area (Å²) < 4.78 is 89.8. The van der Waals surface area contributed by atoms with Crippen molar-refractivity contribution in [1.82, 2.24) is 28.6 Å². The van der Waals surface area contributed by atoms with Crippen molar-refractivity contribution in [2.24, 2.45) is 0 Å². The Morgan fingerprint density at radius 2 is 1.60 bits per heavy atom. The van der Waals surface area contributed by atoms with E-state index in [-0.39, 0.29) is 5.75 Å². The quantitative estimate of drug-likeness (QED) is 0.237. The molecule has 1 aliphatic heterocycles. The molecule has 3 N–H and O–H groups in total. The number of piperazine rings is 1. The second-order valence-electron chi connectivity index (χ2n) is 9.17. The molecule has 0 bridgehead atoms. The van der Waals surface area contributed by atoms with E-state index in [1.54, 1.807) is 0 Å². The van der Waals surface area contributed by atoms with Crippen molar-refractivity contribution >= 4 is 43.8 Å². The van der Waals surface area contributed by atoms with E-state index in [1.807, 2.05) is 16.7 Å². The molecular weight excluding hydrogens is 626 g/mol. The van der Waals surface area contributed by atoms with E-state index in [4.69, 9.17) is 21.5 Å². The van der Waals surface area contributed by atoms with Gasteiger partial charge in [0.2, 0.25) is 10.0 Å². The van der Waals surface area contributed by atoms with Crippen molar-refractivity contribution in [2.45, 2.75) is 4.90 Å². The number of rotatable bonds is 11. The number of halogens is 3. The van der Waals surface area contributed by atoms with Gasteiger partial charge in [-0.15, -0.1) is 0 Å². The molecule has 2 aromatic carbocycles. The van der Waals surface area contributed by atoms with Crippen LogP contribution >= 0.6 is 11.6 Å². The van der Waals surface area contributed by atoms with E-state index in [0.717, 1.165) is 7.05 Å². The molecule has 0 spiro atoms. The minimum atomic E-state index is -4.85. The molecule has 0 atom stereocenters. The highest BCUT2D eigenvalue weighted by molar-refractivity contribution is 7.89. The molecule has 1 fully saturated rings. The summed E-state index contributed by atoms with van der Waals surface area (Å²) in [4.78, 5) is 26.6. The number of ether oxygens (including phenoxy) is 1. The SMILES string of the molecule is CN1CCN(C(=O)NS(=O)(=O)N(C)CCN(CC(=O)NO)S(=O)(=O)c2cc(F)c(Oc3ccc(Cl)cc3)c(F)c2)CC1. The van der Waals surface area contributed by atoms with Gasteiger partial charge in [-0.3, -0.25) is 10.0 Å². The third kappa shape index (κ3) is 8.46. The number of benzene rings is 2. The number of likely N-dealkylation sites (N-methyl/N-ethyl adjacent to an activating group) is 2. The lowest BCUT2D eigenvalue weighted by molar-refractivity contribution is -0.129. The first-order chi connectivity index (χ1) is 19.6. The van der Waals surface area contributed by atoms with E-state index in [0.29, 0.717) is 51.9 Å². The smallest absolute Gasteiger partial charge is 0.332 e. The normalized spacial score (nSPS) is 14.7. The monoisotopic (exact) mass is 654 g/mol. The Kier molecular flexibility index (Phi) is 11.0. The van der Waals surface area contributed by atoms with Crippen LogP contribution in [0.15, 0.2) is 41.3 Å². The zero-order valence-electron chi connectivity index (χ0n) is 22.5. The van der Waals surface area contributed by atoms with Gasteiger partial charge in [-0.2, -0.15) is 17.0 Å². The Morgan fingerprint density at radius 3 is 2.14 bits per heavy atom. The van der Waals surface area contributed by atoms with Gasteiger partial charge in [-0.05, 0) is 43.4 Å². The van der Waals surface area contributed by atoms with E-state index >= 15 is 0 Å². The highest BCUT2D eigenvalue weighted by Gasteiger charge is 2.32. The number of hydrogen-bond donors (Lipinski definition) is 3.